The number of aromatic nitrogens is 4. The zero-order valence-corrected chi connectivity index (χ0v) is 10.6. The van der Waals surface area contributed by atoms with E-state index in [2.05, 4.69) is 20.2 Å². The lowest BCUT2D eigenvalue weighted by molar-refractivity contribution is -0.143. The van der Waals surface area contributed by atoms with Crippen molar-refractivity contribution in [3.63, 3.8) is 0 Å². The maximum Gasteiger partial charge on any atom is 0.434 e. The van der Waals surface area contributed by atoms with Gasteiger partial charge in [0.25, 0.3) is 0 Å². The quantitative estimate of drug-likeness (QED) is 0.919. The lowest BCUT2D eigenvalue weighted by Gasteiger charge is -2.10. The van der Waals surface area contributed by atoms with Crippen molar-refractivity contribution in [2.75, 3.05) is 5.73 Å². The van der Waals surface area contributed by atoms with Crippen LogP contribution in [0.5, 0.6) is 0 Å². The first-order valence-electron chi connectivity index (χ1n) is 4.73. The summed E-state index contributed by atoms with van der Waals surface area (Å²) in [5.41, 5.74) is 4.49. The number of hydrogen-bond donors (Lipinski definition) is 1. The minimum atomic E-state index is -4.56. The van der Waals surface area contributed by atoms with Crippen LogP contribution in [0.1, 0.15) is 5.69 Å². The van der Waals surface area contributed by atoms with E-state index in [1.807, 2.05) is 0 Å². The summed E-state index contributed by atoms with van der Waals surface area (Å²) in [4.78, 5) is 6.78. The number of hydrogen-bond acceptors (Lipinski definition) is 6. The number of pyridine rings is 1. The molecule has 0 saturated carbocycles. The van der Waals surface area contributed by atoms with Crippen molar-refractivity contribution in [3.05, 3.63) is 29.3 Å². The summed E-state index contributed by atoms with van der Waals surface area (Å²) in [6, 6.07) is 2.64. The van der Waals surface area contributed by atoms with Crippen LogP contribution in [0.25, 0.3) is 0 Å². The van der Waals surface area contributed by atoms with Gasteiger partial charge in [0.2, 0.25) is 5.28 Å². The fourth-order valence-electron chi connectivity index (χ4n) is 1.17. The molecule has 2 N–H and O–H groups in total. The second-order valence-electron chi connectivity index (χ2n) is 3.22. The fourth-order valence-corrected chi connectivity index (χ4v) is 2.15. The first kappa shape index (κ1) is 13.8. The average molecular weight is 308 g/mol. The highest BCUT2D eigenvalue weighted by Gasteiger charge is 2.35. The van der Waals surface area contributed by atoms with Gasteiger partial charge in [-0.3, -0.25) is 4.98 Å². The van der Waals surface area contributed by atoms with Crippen molar-refractivity contribution in [2.45, 2.75) is 16.1 Å². The minimum absolute atomic E-state index is 0.0305. The molecule has 0 aliphatic carbocycles. The molecule has 0 aliphatic heterocycles. The van der Waals surface area contributed by atoms with E-state index in [4.69, 9.17) is 17.3 Å². The van der Waals surface area contributed by atoms with Gasteiger partial charge >= 0.3 is 6.18 Å². The molecule has 0 radical (unpaired) electrons. The summed E-state index contributed by atoms with van der Waals surface area (Å²) < 4.78 is 38.2. The fraction of sp³-hybridized carbons (Fsp3) is 0.111. The molecule has 0 spiro atoms. The average Bonchev–Trinajstić information content (AvgIpc) is 2.32. The lowest BCUT2D eigenvalue weighted by Crippen LogP contribution is -2.09. The number of nitrogens with zero attached hydrogens (tertiary/aromatic N) is 4. The van der Waals surface area contributed by atoms with Gasteiger partial charge in [-0.05, 0) is 23.7 Å². The second kappa shape index (κ2) is 5.17. The number of anilines is 1. The Kier molecular flexibility index (Phi) is 3.76. The molecule has 0 unspecified atom stereocenters. The molecular formula is C9H5ClF3N5S. The van der Waals surface area contributed by atoms with E-state index < -0.39 is 11.9 Å². The minimum Gasteiger partial charge on any atom is -0.381 e. The van der Waals surface area contributed by atoms with Crippen LogP contribution in [0, 0.1) is 0 Å². The normalized spacial score (nSPS) is 11.6. The second-order valence-corrected chi connectivity index (χ2v) is 4.59. The van der Waals surface area contributed by atoms with Crippen molar-refractivity contribution in [2.24, 2.45) is 0 Å². The zero-order valence-electron chi connectivity index (χ0n) is 9.02. The van der Waals surface area contributed by atoms with Crippen LogP contribution < -0.4 is 5.73 Å². The molecule has 0 fully saturated rings. The third-order valence-corrected chi connectivity index (χ3v) is 3.09. The van der Waals surface area contributed by atoms with E-state index >= 15 is 0 Å². The van der Waals surface area contributed by atoms with E-state index in [1.165, 1.54) is 12.1 Å². The largest absolute Gasteiger partial charge is 0.434 e. The molecule has 0 aliphatic rings. The van der Waals surface area contributed by atoms with E-state index in [1.54, 1.807) is 0 Å². The highest BCUT2D eigenvalue weighted by molar-refractivity contribution is 7.99. The number of halogens is 4. The Morgan fingerprint density at radius 1 is 1.26 bits per heavy atom. The Bertz CT molecular complexity index is 607. The zero-order chi connectivity index (χ0) is 14.0. The van der Waals surface area contributed by atoms with Gasteiger partial charge in [0.15, 0.2) is 16.5 Å². The Hall–Kier alpha value is -1.61. The first-order valence-corrected chi connectivity index (χ1v) is 5.93. The molecule has 2 heterocycles. The van der Waals surface area contributed by atoms with Crippen LogP contribution in [0.2, 0.25) is 5.28 Å². The molecule has 0 aromatic carbocycles. The van der Waals surface area contributed by atoms with Gasteiger partial charge in [-0.25, -0.2) is 0 Å². The maximum absolute atomic E-state index is 12.7. The third kappa shape index (κ3) is 3.24. The topological polar surface area (TPSA) is 77.6 Å². The predicted octanol–water partition coefficient (Wildman–Crippen LogP) is 2.67. The van der Waals surface area contributed by atoms with E-state index in [0.717, 1.165) is 6.20 Å². The molecule has 0 amide bonds. The SMILES string of the molecule is Nc1nc(Cl)nnc1Sc1cccnc1C(F)(F)F. The van der Waals surface area contributed by atoms with Crippen molar-refractivity contribution in [1.82, 2.24) is 20.2 Å². The van der Waals surface area contributed by atoms with Crippen molar-refractivity contribution in [1.29, 1.82) is 0 Å². The van der Waals surface area contributed by atoms with Gasteiger partial charge < -0.3 is 5.73 Å². The molecule has 19 heavy (non-hydrogen) atoms. The molecule has 10 heteroatoms. The van der Waals surface area contributed by atoms with Gasteiger partial charge in [0.05, 0.1) is 0 Å². The molecule has 0 bridgehead atoms. The molecule has 0 atom stereocenters. The molecule has 2 aromatic rings. The smallest absolute Gasteiger partial charge is 0.381 e. The number of rotatable bonds is 2. The van der Waals surface area contributed by atoms with Gasteiger partial charge in [-0.15, -0.1) is 10.2 Å². The highest BCUT2D eigenvalue weighted by atomic mass is 35.5. The summed E-state index contributed by atoms with van der Waals surface area (Å²) >= 11 is 6.13. The van der Waals surface area contributed by atoms with Crippen LogP contribution in [0.3, 0.4) is 0 Å². The number of alkyl halides is 3. The van der Waals surface area contributed by atoms with Crippen LogP contribution in [-0.4, -0.2) is 20.2 Å². The Morgan fingerprint density at radius 2 is 2.00 bits per heavy atom. The third-order valence-electron chi connectivity index (χ3n) is 1.90. The molecular weight excluding hydrogens is 303 g/mol. The van der Waals surface area contributed by atoms with Crippen LogP contribution in [-0.2, 0) is 6.18 Å². The first-order chi connectivity index (χ1) is 8.88. The predicted molar refractivity (Wildman–Crippen MR) is 62.6 cm³/mol. The van der Waals surface area contributed by atoms with Crippen molar-refractivity contribution in [3.8, 4) is 0 Å². The van der Waals surface area contributed by atoms with Crippen LogP contribution in [0.4, 0.5) is 19.0 Å². The van der Waals surface area contributed by atoms with E-state index in [9.17, 15) is 13.2 Å². The highest BCUT2D eigenvalue weighted by Crippen LogP contribution is 2.38. The monoisotopic (exact) mass is 307 g/mol. The summed E-state index contributed by atoms with van der Waals surface area (Å²) in [7, 11) is 0. The van der Waals surface area contributed by atoms with Gasteiger partial charge in [0.1, 0.15) is 0 Å². The van der Waals surface area contributed by atoms with E-state index in [0.29, 0.717) is 11.8 Å². The number of nitrogens with two attached hydrogens (primary N) is 1. The van der Waals surface area contributed by atoms with Gasteiger partial charge in [-0.1, -0.05) is 11.8 Å². The van der Waals surface area contributed by atoms with Crippen molar-refractivity contribution >= 4 is 29.2 Å². The van der Waals surface area contributed by atoms with Gasteiger partial charge in [-0.2, -0.15) is 18.2 Å². The van der Waals surface area contributed by atoms with Crippen LogP contribution in [0.15, 0.2) is 28.3 Å². The summed E-state index contributed by atoms with van der Waals surface area (Å²) in [6.07, 6.45) is -3.51. The van der Waals surface area contributed by atoms with Gasteiger partial charge in [0, 0.05) is 11.1 Å². The van der Waals surface area contributed by atoms with E-state index in [-0.39, 0.29) is 21.0 Å². The van der Waals surface area contributed by atoms with Crippen LogP contribution >= 0.6 is 23.4 Å². The summed E-state index contributed by atoms with van der Waals surface area (Å²) in [6.45, 7) is 0. The lowest BCUT2D eigenvalue weighted by atomic mass is 10.3. The summed E-state index contributed by atoms with van der Waals surface area (Å²) in [5, 5.41) is 6.88. The Balaban J connectivity index is 2.39. The standard InChI is InChI=1S/C9H5ClF3N5S/c10-8-16-6(14)7(17-18-8)19-4-2-1-3-15-5(4)9(11,12)13/h1-3H,(H2,14,16,18). The molecule has 100 valence electrons. The molecule has 5 nitrogen and oxygen atoms in total. The Morgan fingerprint density at radius 3 is 2.63 bits per heavy atom. The molecule has 0 saturated heterocycles. The molecule has 2 rings (SSSR count). The summed E-state index contributed by atoms with van der Waals surface area (Å²) in [5.74, 6) is -0.0954. The molecule has 2 aromatic heterocycles. The Labute approximate surface area is 114 Å². The maximum atomic E-state index is 12.7. The number of nitrogen functional groups attached to an aromatic ring is 1. The van der Waals surface area contributed by atoms with Crippen molar-refractivity contribution < 1.29 is 13.2 Å².